The number of carbonyl (C=O) groups is 2. The second-order valence-corrected chi connectivity index (χ2v) is 13.2. The maximum Gasteiger partial charge on any atom is 0.260 e. The van der Waals surface area contributed by atoms with E-state index in [9.17, 15) is 14.4 Å². The molecular formula is C40H40Cl2N6O5. The van der Waals surface area contributed by atoms with E-state index in [4.69, 9.17) is 37.7 Å². The molecule has 2 aromatic heterocycles. The highest BCUT2D eigenvalue weighted by molar-refractivity contribution is 6.41. The van der Waals surface area contributed by atoms with Gasteiger partial charge in [0.15, 0.2) is 5.78 Å². The van der Waals surface area contributed by atoms with Crippen LogP contribution in [-0.4, -0.2) is 66.0 Å². The molecule has 11 nitrogen and oxygen atoms in total. The number of aryl methyl sites for hydroxylation is 3. The molecule has 2 N–H and O–H groups in total. The highest BCUT2D eigenvalue weighted by atomic mass is 35.5. The molecule has 3 aromatic carbocycles. The van der Waals surface area contributed by atoms with Gasteiger partial charge in [-0.2, -0.15) is 4.98 Å². The number of anilines is 3. The van der Waals surface area contributed by atoms with Crippen LogP contribution in [-0.2, 0) is 29.0 Å². The molecule has 0 saturated heterocycles. The highest BCUT2D eigenvalue weighted by Gasteiger charge is 2.23. The number of nitrogens with zero attached hydrogens (tertiary/aromatic N) is 4. The van der Waals surface area contributed by atoms with Crippen molar-refractivity contribution in [3.63, 3.8) is 0 Å². The Morgan fingerprint density at radius 3 is 2.36 bits per heavy atom. The summed E-state index contributed by atoms with van der Waals surface area (Å²) in [7, 11) is 6.78. The van der Waals surface area contributed by atoms with Crippen LogP contribution >= 0.6 is 23.2 Å². The number of rotatable bonds is 15. The van der Waals surface area contributed by atoms with Gasteiger partial charge in [0.25, 0.3) is 5.56 Å². The van der Waals surface area contributed by atoms with Gasteiger partial charge in [-0.3, -0.25) is 19.0 Å². The van der Waals surface area contributed by atoms with Crippen LogP contribution in [0.25, 0.3) is 22.2 Å². The number of ether oxygens (including phenoxy) is 2. The number of para-hydroxylation sites is 1. The van der Waals surface area contributed by atoms with Crippen LogP contribution in [0.1, 0.15) is 16.7 Å². The third kappa shape index (κ3) is 9.12. The number of methoxy groups -OCH3 is 2. The number of fused-ring (bicyclic) bond motifs is 1. The first kappa shape index (κ1) is 38.7. The number of hydrogen-bond acceptors (Lipinski definition) is 9. The first-order valence-corrected chi connectivity index (χ1v) is 17.4. The SMILES string of the molecule is C=CC(=O)Cc1cccc(C)c1Nc1ncc2cc(-c3c(Cl)c(OC)cc(OC)c3Cl)c(=O)n(CCc3ccc(NC(=O)/C=C/CN(C)C)cc3)c2n1. The van der Waals surface area contributed by atoms with Gasteiger partial charge in [-0.1, -0.05) is 66.2 Å². The Morgan fingerprint density at radius 1 is 1.02 bits per heavy atom. The maximum atomic E-state index is 14.5. The molecule has 0 bridgehead atoms. The largest absolute Gasteiger partial charge is 0.495 e. The van der Waals surface area contributed by atoms with Gasteiger partial charge in [0.2, 0.25) is 11.9 Å². The van der Waals surface area contributed by atoms with E-state index in [1.54, 1.807) is 29.0 Å². The van der Waals surface area contributed by atoms with Crippen LogP contribution in [0.2, 0.25) is 10.0 Å². The molecule has 0 aliphatic heterocycles. The summed E-state index contributed by atoms with van der Waals surface area (Å²) in [5.41, 5.74) is 4.31. The zero-order valence-corrected chi connectivity index (χ0v) is 31.6. The van der Waals surface area contributed by atoms with Crippen molar-refractivity contribution in [2.75, 3.05) is 45.5 Å². The number of carbonyl (C=O) groups excluding carboxylic acids is 2. The molecule has 0 radical (unpaired) electrons. The lowest BCUT2D eigenvalue weighted by molar-refractivity contribution is -0.114. The molecule has 0 unspecified atom stereocenters. The number of ketones is 1. The van der Waals surface area contributed by atoms with Crippen molar-refractivity contribution in [1.82, 2.24) is 19.4 Å². The minimum atomic E-state index is -0.400. The summed E-state index contributed by atoms with van der Waals surface area (Å²) in [5.74, 6) is 0.454. The van der Waals surface area contributed by atoms with Crippen LogP contribution in [0.3, 0.4) is 0 Å². The van der Waals surface area contributed by atoms with Gasteiger partial charge in [-0.05, 0) is 68.4 Å². The Kier molecular flexibility index (Phi) is 12.7. The molecule has 0 aliphatic rings. The second-order valence-electron chi connectivity index (χ2n) is 12.5. The van der Waals surface area contributed by atoms with E-state index in [0.717, 1.165) is 16.7 Å². The molecule has 2 heterocycles. The average molecular weight is 756 g/mol. The average Bonchev–Trinajstić information content (AvgIpc) is 3.13. The van der Waals surface area contributed by atoms with Crippen LogP contribution in [0.4, 0.5) is 17.3 Å². The van der Waals surface area contributed by atoms with Crippen molar-refractivity contribution < 1.29 is 19.1 Å². The van der Waals surface area contributed by atoms with Crippen LogP contribution in [0.15, 0.2) is 90.4 Å². The van der Waals surface area contributed by atoms with Gasteiger partial charge < -0.3 is 25.0 Å². The summed E-state index contributed by atoms with van der Waals surface area (Å²) in [5, 5.41) is 6.98. The maximum absolute atomic E-state index is 14.5. The highest BCUT2D eigenvalue weighted by Crippen LogP contribution is 2.45. The van der Waals surface area contributed by atoms with Crippen LogP contribution in [0.5, 0.6) is 11.5 Å². The Balaban J connectivity index is 1.57. The fraction of sp³-hybridized carbons (Fsp3) is 0.225. The summed E-state index contributed by atoms with van der Waals surface area (Å²) in [6.45, 7) is 6.39. The summed E-state index contributed by atoms with van der Waals surface area (Å²) < 4.78 is 12.5. The van der Waals surface area contributed by atoms with E-state index in [-0.39, 0.29) is 63.3 Å². The monoisotopic (exact) mass is 754 g/mol. The number of amides is 1. The minimum Gasteiger partial charge on any atom is -0.495 e. The number of allylic oxidation sites excluding steroid dienone is 1. The lowest BCUT2D eigenvalue weighted by Crippen LogP contribution is -2.24. The van der Waals surface area contributed by atoms with E-state index in [0.29, 0.717) is 35.4 Å². The summed E-state index contributed by atoms with van der Waals surface area (Å²) >= 11 is 13.6. The lowest BCUT2D eigenvalue weighted by atomic mass is 10.0. The normalized spacial score (nSPS) is 11.2. The Morgan fingerprint density at radius 2 is 1.72 bits per heavy atom. The second kappa shape index (κ2) is 17.4. The number of nitrogens with one attached hydrogen (secondary N) is 2. The molecule has 1 amide bonds. The first-order valence-electron chi connectivity index (χ1n) is 16.7. The Bertz CT molecular complexity index is 2240. The van der Waals surface area contributed by atoms with Crippen molar-refractivity contribution >= 4 is 63.2 Å². The van der Waals surface area contributed by atoms with Crippen LogP contribution in [0, 0.1) is 6.92 Å². The van der Waals surface area contributed by atoms with Gasteiger partial charge >= 0.3 is 0 Å². The Labute approximate surface area is 317 Å². The zero-order chi connectivity index (χ0) is 38.2. The molecule has 0 saturated carbocycles. The van der Waals surface area contributed by atoms with Crippen molar-refractivity contribution in [3.8, 4) is 22.6 Å². The third-order valence-corrected chi connectivity index (χ3v) is 9.19. The zero-order valence-electron chi connectivity index (χ0n) is 30.1. The number of hydrogen-bond donors (Lipinski definition) is 2. The topological polar surface area (TPSA) is 128 Å². The van der Waals surface area contributed by atoms with Gasteiger partial charge in [0.1, 0.15) is 17.1 Å². The first-order chi connectivity index (χ1) is 25.4. The molecule has 0 fully saturated rings. The van der Waals surface area contributed by atoms with E-state index < -0.39 is 5.56 Å². The van der Waals surface area contributed by atoms with E-state index >= 15 is 0 Å². The summed E-state index contributed by atoms with van der Waals surface area (Å²) in [6.07, 6.45) is 6.78. The molecule has 0 atom stereocenters. The molecular weight excluding hydrogens is 715 g/mol. The van der Waals surface area contributed by atoms with Crippen molar-refractivity contribution in [2.24, 2.45) is 0 Å². The van der Waals surface area contributed by atoms with E-state index in [1.807, 2.05) is 68.4 Å². The molecule has 0 aliphatic carbocycles. The summed E-state index contributed by atoms with van der Waals surface area (Å²) in [4.78, 5) is 50.5. The molecule has 53 heavy (non-hydrogen) atoms. The number of likely N-dealkylation sites (N-methyl/N-ethyl adjacent to an activating group) is 1. The third-order valence-electron chi connectivity index (χ3n) is 8.44. The quantitative estimate of drug-likeness (QED) is 0.105. The van der Waals surface area contributed by atoms with E-state index in [1.165, 1.54) is 26.4 Å². The number of aromatic nitrogens is 3. The molecule has 5 aromatic rings. The van der Waals surface area contributed by atoms with Gasteiger partial charge in [-0.25, -0.2) is 4.98 Å². The lowest BCUT2D eigenvalue weighted by Gasteiger charge is -2.18. The van der Waals surface area contributed by atoms with Crippen LogP contribution < -0.4 is 25.7 Å². The molecule has 274 valence electrons. The fourth-order valence-electron chi connectivity index (χ4n) is 5.70. The standard InChI is InChI=1S/C40H40Cl2N6O5/c1-7-29(49)20-26-11-8-10-24(2)37(26)45-40-43-23-27-21-30(34-35(41)31(52-5)22-32(53-6)36(34)42)39(51)48(38(27)46-40)19-17-25-13-15-28(16-14-25)44-33(50)12-9-18-47(3)4/h7-16,21-23H,1,17-20H2,2-6H3,(H,44,50)(H,43,45,46)/b12-9+. The van der Waals surface area contributed by atoms with Gasteiger partial charge in [0, 0.05) is 60.2 Å². The van der Waals surface area contributed by atoms with E-state index in [2.05, 4.69) is 22.2 Å². The molecule has 5 rings (SSSR count). The number of benzene rings is 3. The predicted molar refractivity (Wildman–Crippen MR) is 212 cm³/mol. The predicted octanol–water partition coefficient (Wildman–Crippen LogP) is 7.43. The number of halogens is 2. The van der Waals surface area contributed by atoms with Crippen molar-refractivity contribution in [3.05, 3.63) is 123 Å². The molecule has 13 heteroatoms. The van der Waals surface area contributed by atoms with Crippen molar-refractivity contribution in [1.29, 1.82) is 0 Å². The number of pyridine rings is 1. The van der Waals surface area contributed by atoms with Crippen molar-refractivity contribution in [2.45, 2.75) is 26.3 Å². The minimum absolute atomic E-state index is 0.127. The van der Waals surface area contributed by atoms with Gasteiger partial charge in [-0.15, -0.1) is 0 Å². The summed E-state index contributed by atoms with van der Waals surface area (Å²) in [6, 6.07) is 16.3. The molecule has 0 spiro atoms. The smallest absolute Gasteiger partial charge is 0.260 e. The Hall–Kier alpha value is -5.49. The fourth-order valence-corrected chi connectivity index (χ4v) is 6.41. The van der Waals surface area contributed by atoms with Gasteiger partial charge in [0.05, 0.1) is 29.8 Å².